The molecule has 3 atom stereocenters. The minimum Gasteiger partial charge on any atom is -0.445 e. The Morgan fingerprint density at radius 1 is 1.36 bits per heavy atom. The first-order valence-electron chi connectivity index (χ1n) is 9.72. The Balaban J connectivity index is 1.46. The minimum absolute atomic E-state index is 0.109. The van der Waals surface area contributed by atoms with Gasteiger partial charge in [-0.15, -0.1) is 0 Å². The van der Waals surface area contributed by atoms with Gasteiger partial charge >= 0.3 is 0 Å². The third-order valence-electron chi connectivity index (χ3n) is 6.27. The first kappa shape index (κ1) is 17.0. The number of rotatable bonds is 5. The molecular formula is C19H28N2O4. The van der Waals surface area contributed by atoms with Crippen LogP contribution in [0.1, 0.15) is 80.6 Å². The van der Waals surface area contributed by atoms with Crippen LogP contribution < -0.4 is 5.32 Å². The number of ether oxygens (including phenoxy) is 2. The molecule has 0 aromatic carbocycles. The molecule has 3 aliphatic rings. The second-order valence-corrected chi connectivity index (χ2v) is 7.57. The Morgan fingerprint density at radius 2 is 2.20 bits per heavy atom. The molecule has 2 heterocycles. The van der Waals surface area contributed by atoms with Crippen molar-refractivity contribution in [3.05, 3.63) is 17.8 Å². The molecule has 1 saturated heterocycles. The van der Waals surface area contributed by atoms with E-state index in [9.17, 15) is 4.79 Å². The van der Waals surface area contributed by atoms with E-state index in [2.05, 4.69) is 10.3 Å². The number of hydrogen-bond donors (Lipinski definition) is 1. The molecule has 25 heavy (non-hydrogen) atoms. The van der Waals surface area contributed by atoms with E-state index in [4.69, 9.17) is 13.9 Å². The quantitative estimate of drug-likeness (QED) is 0.883. The van der Waals surface area contributed by atoms with Crippen molar-refractivity contribution in [3.63, 3.8) is 0 Å². The number of amides is 1. The van der Waals surface area contributed by atoms with Crippen molar-refractivity contribution in [1.82, 2.24) is 10.3 Å². The third kappa shape index (κ3) is 2.99. The molecule has 2 saturated carbocycles. The monoisotopic (exact) mass is 348 g/mol. The smallest absolute Gasteiger partial charge is 0.273 e. The standard InChI is InChI=1S/C19H28N2O4/c1-2-23-15-11-14(19(15)8-4-3-5-9-19)21-18(22)16-17(25-12-20-16)13-7-6-10-24-13/h12-15H,2-11H2,1H3,(H,21,22). The fourth-order valence-corrected chi connectivity index (χ4v) is 4.93. The van der Waals surface area contributed by atoms with Gasteiger partial charge in [0.2, 0.25) is 0 Å². The molecule has 6 heteroatoms. The van der Waals surface area contributed by atoms with Gasteiger partial charge < -0.3 is 19.2 Å². The highest BCUT2D eigenvalue weighted by atomic mass is 16.5. The second kappa shape index (κ2) is 7.08. The maximum Gasteiger partial charge on any atom is 0.273 e. The highest BCUT2D eigenvalue weighted by molar-refractivity contribution is 5.93. The van der Waals surface area contributed by atoms with E-state index < -0.39 is 0 Å². The van der Waals surface area contributed by atoms with Crippen molar-refractivity contribution >= 4 is 5.91 Å². The van der Waals surface area contributed by atoms with E-state index in [-0.39, 0.29) is 29.6 Å². The van der Waals surface area contributed by atoms with Crippen LogP contribution in [-0.2, 0) is 9.47 Å². The van der Waals surface area contributed by atoms with E-state index in [1.54, 1.807) is 0 Å². The predicted molar refractivity (Wildman–Crippen MR) is 91.2 cm³/mol. The molecule has 1 aliphatic heterocycles. The lowest BCUT2D eigenvalue weighted by Crippen LogP contribution is -2.65. The van der Waals surface area contributed by atoms with Crippen LogP contribution in [0, 0.1) is 5.41 Å². The van der Waals surface area contributed by atoms with E-state index in [1.807, 2.05) is 6.92 Å². The van der Waals surface area contributed by atoms with Gasteiger partial charge in [0.25, 0.3) is 5.91 Å². The number of oxazole rings is 1. The van der Waals surface area contributed by atoms with Crippen molar-refractivity contribution in [1.29, 1.82) is 0 Å². The number of nitrogens with zero attached hydrogens (tertiary/aromatic N) is 1. The van der Waals surface area contributed by atoms with Crippen LogP contribution in [0.5, 0.6) is 0 Å². The average molecular weight is 348 g/mol. The Labute approximate surface area is 148 Å². The van der Waals surface area contributed by atoms with Crippen LogP contribution in [0.15, 0.2) is 10.8 Å². The Morgan fingerprint density at radius 3 is 2.92 bits per heavy atom. The molecule has 1 aromatic heterocycles. The zero-order chi connectivity index (χ0) is 17.3. The molecule has 1 spiro atoms. The number of hydrogen-bond acceptors (Lipinski definition) is 5. The molecule has 1 amide bonds. The number of carbonyl (C=O) groups is 1. The molecule has 3 fully saturated rings. The summed E-state index contributed by atoms with van der Waals surface area (Å²) >= 11 is 0. The maximum atomic E-state index is 12.8. The molecule has 2 aliphatic carbocycles. The normalized spacial score (nSPS) is 31.0. The molecule has 0 bridgehead atoms. The summed E-state index contributed by atoms with van der Waals surface area (Å²) in [5.74, 6) is 0.442. The van der Waals surface area contributed by atoms with Gasteiger partial charge in [-0.05, 0) is 39.0 Å². The summed E-state index contributed by atoms with van der Waals surface area (Å²) < 4.78 is 17.1. The first-order chi connectivity index (χ1) is 12.2. The molecule has 4 rings (SSSR count). The lowest BCUT2D eigenvalue weighted by Gasteiger charge is -2.57. The molecule has 0 radical (unpaired) electrons. The lowest BCUT2D eigenvalue weighted by atomic mass is 9.55. The first-order valence-corrected chi connectivity index (χ1v) is 9.72. The van der Waals surface area contributed by atoms with Crippen LogP contribution in [-0.4, -0.2) is 36.3 Å². The van der Waals surface area contributed by atoms with Crippen LogP contribution in [0.4, 0.5) is 0 Å². The largest absolute Gasteiger partial charge is 0.445 e. The van der Waals surface area contributed by atoms with Crippen molar-refractivity contribution in [2.75, 3.05) is 13.2 Å². The maximum absolute atomic E-state index is 12.8. The highest BCUT2D eigenvalue weighted by Crippen LogP contribution is 2.53. The second-order valence-electron chi connectivity index (χ2n) is 7.57. The summed E-state index contributed by atoms with van der Waals surface area (Å²) in [6.07, 6.45) is 10.3. The SMILES string of the molecule is CCOC1CC(NC(=O)c2ncoc2C2CCCO2)C12CCCCC2. The van der Waals surface area contributed by atoms with Crippen molar-refractivity contribution in [3.8, 4) is 0 Å². The van der Waals surface area contributed by atoms with Crippen molar-refractivity contribution in [2.24, 2.45) is 5.41 Å². The Hall–Kier alpha value is -1.40. The van der Waals surface area contributed by atoms with Crippen LogP contribution in [0.25, 0.3) is 0 Å². The van der Waals surface area contributed by atoms with E-state index in [1.165, 1.54) is 25.7 Å². The van der Waals surface area contributed by atoms with E-state index in [0.717, 1.165) is 38.7 Å². The van der Waals surface area contributed by atoms with Crippen LogP contribution in [0.2, 0.25) is 0 Å². The topological polar surface area (TPSA) is 73.6 Å². The molecule has 138 valence electrons. The van der Waals surface area contributed by atoms with Crippen LogP contribution >= 0.6 is 0 Å². The summed E-state index contributed by atoms with van der Waals surface area (Å²) in [4.78, 5) is 17.0. The van der Waals surface area contributed by atoms with Gasteiger partial charge in [-0.1, -0.05) is 19.3 Å². The zero-order valence-corrected chi connectivity index (χ0v) is 15.0. The van der Waals surface area contributed by atoms with Crippen molar-refractivity contribution in [2.45, 2.75) is 76.5 Å². The van der Waals surface area contributed by atoms with Gasteiger partial charge in [-0.2, -0.15) is 0 Å². The van der Waals surface area contributed by atoms with Gasteiger partial charge in [0, 0.05) is 24.7 Å². The average Bonchev–Trinajstić information content (AvgIpc) is 3.32. The van der Waals surface area contributed by atoms with Crippen LogP contribution in [0.3, 0.4) is 0 Å². The summed E-state index contributed by atoms with van der Waals surface area (Å²) in [5.41, 5.74) is 0.496. The fourth-order valence-electron chi connectivity index (χ4n) is 4.93. The summed E-state index contributed by atoms with van der Waals surface area (Å²) in [5, 5.41) is 3.23. The van der Waals surface area contributed by atoms with Gasteiger partial charge in [0.15, 0.2) is 17.8 Å². The Bertz CT molecular complexity index is 602. The molecule has 6 nitrogen and oxygen atoms in total. The van der Waals surface area contributed by atoms with E-state index >= 15 is 0 Å². The molecular weight excluding hydrogens is 320 g/mol. The summed E-state index contributed by atoms with van der Waals surface area (Å²) in [6, 6.07) is 0.172. The summed E-state index contributed by atoms with van der Waals surface area (Å²) in [6.45, 7) is 3.50. The minimum atomic E-state index is -0.135. The molecule has 1 aromatic rings. The molecule has 1 N–H and O–H groups in total. The highest BCUT2D eigenvalue weighted by Gasteiger charge is 2.56. The van der Waals surface area contributed by atoms with E-state index in [0.29, 0.717) is 18.1 Å². The third-order valence-corrected chi connectivity index (χ3v) is 6.27. The number of carbonyl (C=O) groups excluding carboxylic acids is 1. The lowest BCUT2D eigenvalue weighted by molar-refractivity contribution is -0.147. The Kier molecular flexibility index (Phi) is 4.82. The predicted octanol–water partition coefficient (Wildman–Crippen LogP) is 3.38. The number of aromatic nitrogens is 1. The fraction of sp³-hybridized carbons (Fsp3) is 0.789. The van der Waals surface area contributed by atoms with Crippen molar-refractivity contribution < 1.29 is 18.7 Å². The number of nitrogens with one attached hydrogen (secondary N) is 1. The van der Waals surface area contributed by atoms with Gasteiger partial charge in [-0.3, -0.25) is 4.79 Å². The zero-order valence-electron chi connectivity index (χ0n) is 15.0. The summed E-state index contributed by atoms with van der Waals surface area (Å²) in [7, 11) is 0. The van der Waals surface area contributed by atoms with Gasteiger partial charge in [0.1, 0.15) is 6.10 Å². The van der Waals surface area contributed by atoms with Gasteiger partial charge in [-0.25, -0.2) is 4.98 Å². The van der Waals surface area contributed by atoms with Gasteiger partial charge in [0.05, 0.1) is 6.10 Å². The molecule has 3 unspecified atom stereocenters.